The Morgan fingerprint density at radius 2 is 1.74 bits per heavy atom. The first kappa shape index (κ1) is 20.0. The van der Waals surface area contributed by atoms with Crippen LogP contribution in [0.25, 0.3) is 0 Å². The van der Waals surface area contributed by atoms with E-state index in [1.807, 2.05) is 11.0 Å². The molecule has 1 heterocycles. The van der Waals surface area contributed by atoms with Crippen molar-refractivity contribution in [1.82, 2.24) is 9.80 Å². The summed E-state index contributed by atoms with van der Waals surface area (Å²) in [6.45, 7) is 6.56. The largest absolute Gasteiger partial charge is 0.482 e. The summed E-state index contributed by atoms with van der Waals surface area (Å²) < 4.78 is 5.60. The Labute approximate surface area is 170 Å². The van der Waals surface area contributed by atoms with E-state index in [2.05, 4.69) is 43.0 Å². The molecule has 1 amide bonds. The molecule has 6 heteroatoms. The third kappa shape index (κ3) is 5.16. The molecule has 1 saturated heterocycles. The Morgan fingerprint density at radius 1 is 1.07 bits per heavy atom. The minimum atomic E-state index is -0.0286. The van der Waals surface area contributed by atoms with Gasteiger partial charge in [-0.25, -0.2) is 0 Å². The summed E-state index contributed by atoms with van der Waals surface area (Å²) in [6.07, 6.45) is 0. The van der Waals surface area contributed by atoms with E-state index in [0.29, 0.717) is 28.9 Å². The van der Waals surface area contributed by atoms with Crippen LogP contribution in [0.1, 0.15) is 19.4 Å². The average molecular weight is 407 g/mol. The van der Waals surface area contributed by atoms with Crippen molar-refractivity contribution in [2.24, 2.45) is 0 Å². The molecule has 2 unspecified atom stereocenters. The van der Waals surface area contributed by atoms with Gasteiger partial charge in [0.05, 0.1) is 5.02 Å². The van der Waals surface area contributed by atoms with Crippen molar-refractivity contribution < 1.29 is 9.53 Å². The summed E-state index contributed by atoms with van der Waals surface area (Å²) in [5.41, 5.74) is 1.29. The average Bonchev–Trinajstić information content (AvgIpc) is 2.64. The number of halogens is 2. The predicted octanol–water partition coefficient (Wildman–Crippen LogP) is 4.49. The lowest BCUT2D eigenvalue weighted by atomic mass is 10.1. The van der Waals surface area contributed by atoms with Crippen molar-refractivity contribution in [1.29, 1.82) is 0 Å². The minimum absolute atomic E-state index is 0.0283. The van der Waals surface area contributed by atoms with E-state index in [0.717, 1.165) is 6.54 Å². The second kappa shape index (κ2) is 8.96. The highest BCUT2D eigenvalue weighted by Gasteiger charge is 2.31. The maximum absolute atomic E-state index is 12.6. The first-order valence-corrected chi connectivity index (χ1v) is 9.85. The molecule has 27 heavy (non-hydrogen) atoms. The Morgan fingerprint density at radius 3 is 2.37 bits per heavy atom. The van der Waals surface area contributed by atoms with Crippen molar-refractivity contribution >= 4 is 29.1 Å². The van der Waals surface area contributed by atoms with Gasteiger partial charge in [-0.05, 0) is 37.6 Å². The van der Waals surface area contributed by atoms with Crippen LogP contribution in [0.5, 0.6) is 5.75 Å². The zero-order chi connectivity index (χ0) is 19.4. The molecule has 2 atom stereocenters. The van der Waals surface area contributed by atoms with E-state index < -0.39 is 0 Å². The van der Waals surface area contributed by atoms with E-state index in [-0.39, 0.29) is 24.6 Å². The lowest BCUT2D eigenvalue weighted by Crippen LogP contribution is -2.58. The second-order valence-corrected chi connectivity index (χ2v) is 7.86. The van der Waals surface area contributed by atoms with Crippen LogP contribution in [0.15, 0.2) is 48.5 Å². The molecule has 0 bridgehead atoms. The van der Waals surface area contributed by atoms with Gasteiger partial charge in [0.2, 0.25) is 0 Å². The molecule has 1 fully saturated rings. The normalized spacial score (nSPS) is 20.5. The maximum atomic E-state index is 12.6. The molecule has 0 N–H and O–H groups in total. The second-order valence-electron chi connectivity index (χ2n) is 7.02. The molecule has 0 radical (unpaired) electrons. The number of ether oxygens (including phenoxy) is 1. The molecule has 0 spiro atoms. The fraction of sp³-hybridized carbons (Fsp3) is 0.381. The van der Waals surface area contributed by atoms with Crippen LogP contribution in [0, 0.1) is 0 Å². The summed E-state index contributed by atoms with van der Waals surface area (Å²) in [4.78, 5) is 16.9. The third-order valence-corrected chi connectivity index (χ3v) is 5.44. The molecule has 1 aliphatic heterocycles. The van der Waals surface area contributed by atoms with Crippen molar-refractivity contribution in [2.45, 2.75) is 32.5 Å². The summed E-state index contributed by atoms with van der Waals surface area (Å²) in [6, 6.07) is 16.0. The first-order chi connectivity index (χ1) is 12.9. The van der Waals surface area contributed by atoms with E-state index >= 15 is 0 Å². The van der Waals surface area contributed by atoms with E-state index in [4.69, 9.17) is 27.9 Å². The molecule has 2 aromatic carbocycles. The van der Waals surface area contributed by atoms with Gasteiger partial charge >= 0.3 is 0 Å². The van der Waals surface area contributed by atoms with Crippen LogP contribution in [-0.2, 0) is 11.3 Å². The monoisotopic (exact) mass is 406 g/mol. The summed E-state index contributed by atoms with van der Waals surface area (Å²) in [5.74, 6) is 0.442. The Balaban J connectivity index is 1.56. The SMILES string of the molecule is CC1CN(C(=O)COc2ccc(Cl)cc2Cl)CC(C)N1Cc1ccccc1. The summed E-state index contributed by atoms with van der Waals surface area (Å²) in [7, 11) is 0. The molecular weight excluding hydrogens is 383 g/mol. The number of piperazine rings is 1. The number of amides is 1. The van der Waals surface area contributed by atoms with Gasteiger partial charge < -0.3 is 9.64 Å². The number of carbonyl (C=O) groups excluding carboxylic acids is 1. The van der Waals surface area contributed by atoms with Gasteiger partial charge in [0.25, 0.3) is 5.91 Å². The lowest BCUT2D eigenvalue weighted by Gasteiger charge is -2.44. The molecule has 1 aliphatic rings. The quantitative estimate of drug-likeness (QED) is 0.732. The topological polar surface area (TPSA) is 32.8 Å². The molecule has 4 nitrogen and oxygen atoms in total. The molecule has 0 saturated carbocycles. The van der Waals surface area contributed by atoms with Gasteiger partial charge in [-0.3, -0.25) is 9.69 Å². The van der Waals surface area contributed by atoms with Crippen molar-refractivity contribution in [2.75, 3.05) is 19.7 Å². The van der Waals surface area contributed by atoms with Gasteiger partial charge in [-0.1, -0.05) is 53.5 Å². The smallest absolute Gasteiger partial charge is 0.260 e. The predicted molar refractivity (Wildman–Crippen MR) is 109 cm³/mol. The lowest BCUT2D eigenvalue weighted by molar-refractivity contribution is -0.137. The Bertz CT molecular complexity index is 773. The molecular formula is C21H24Cl2N2O2. The highest BCUT2D eigenvalue weighted by Crippen LogP contribution is 2.27. The highest BCUT2D eigenvalue weighted by atomic mass is 35.5. The summed E-state index contributed by atoms with van der Waals surface area (Å²) in [5, 5.41) is 0.945. The zero-order valence-corrected chi connectivity index (χ0v) is 17.1. The van der Waals surface area contributed by atoms with Crippen LogP contribution in [0.2, 0.25) is 10.0 Å². The van der Waals surface area contributed by atoms with Crippen LogP contribution in [-0.4, -0.2) is 47.5 Å². The fourth-order valence-electron chi connectivity index (χ4n) is 3.49. The van der Waals surface area contributed by atoms with Crippen molar-refractivity contribution in [3.8, 4) is 5.75 Å². The Kier molecular flexibility index (Phi) is 6.64. The van der Waals surface area contributed by atoms with Gasteiger partial charge in [0.1, 0.15) is 5.75 Å². The van der Waals surface area contributed by atoms with Crippen LogP contribution >= 0.6 is 23.2 Å². The minimum Gasteiger partial charge on any atom is -0.482 e. The number of hydrogen-bond acceptors (Lipinski definition) is 3. The number of nitrogens with zero attached hydrogens (tertiary/aromatic N) is 2. The highest BCUT2D eigenvalue weighted by molar-refractivity contribution is 6.35. The van der Waals surface area contributed by atoms with Crippen LogP contribution < -0.4 is 4.74 Å². The third-order valence-electron chi connectivity index (χ3n) is 4.91. The van der Waals surface area contributed by atoms with E-state index in [1.165, 1.54) is 5.56 Å². The molecule has 0 aromatic heterocycles. The number of carbonyl (C=O) groups is 1. The Hall–Kier alpha value is -1.75. The van der Waals surface area contributed by atoms with Gasteiger partial charge in [-0.2, -0.15) is 0 Å². The standard InChI is InChI=1S/C21H24Cl2N2O2/c1-15-11-24(12-16(2)25(15)13-17-6-4-3-5-7-17)21(26)14-27-20-9-8-18(22)10-19(20)23/h3-10,15-16H,11-14H2,1-2H3. The zero-order valence-electron chi connectivity index (χ0n) is 15.6. The summed E-state index contributed by atoms with van der Waals surface area (Å²) >= 11 is 12.0. The number of hydrogen-bond donors (Lipinski definition) is 0. The van der Waals surface area contributed by atoms with Crippen LogP contribution in [0.4, 0.5) is 0 Å². The van der Waals surface area contributed by atoms with E-state index in [9.17, 15) is 4.79 Å². The van der Waals surface area contributed by atoms with Gasteiger partial charge in [0.15, 0.2) is 6.61 Å². The molecule has 3 rings (SSSR count). The maximum Gasteiger partial charge on any atom is 0.260 e. The van der Waals surface area contributed by atoms with Crippen LogP contribution in [0.3, 0.4) is 0 Å². The first-order valence-electron chi connectivity index (χ1n) is 9.09. The van der Waals surface area contributed by atoms with Gasteiger partial charge in [0, 0.05) is 36.7 Å². The molecule has 2 aromatic rings. The van der Waals surface area contributed by atoms with Gasteiger partial charge in [-0.15, -0.1) is 0 Å². The molecule has 144 valence electrons. The van der Waals surface area contributed by atoms with Crippen molar-refractivity contribution in [3.63, 3.8) is 0 Å². The number of rotatable bonds is 5. The molecule has 0 aliphatic carbocycles. The fourth-order valence-corrected chi connectivity index (χ4v) is 3.95. The number of benzene rings is 2. The van der Waals surface area contributed by atoms with Crippen molar-refractivity contribution in [3.05, 3.63) is 64.1 Å². The van der Waals surface area contributed by atoms with E-state index in [1.54, 1.807) is 18.2 Å².